The first-order valence-corrected chi connectivity index (χ1v) is 7.43. The van der Waals surface area contributed by atoms with Crippen LogP contribution < -0.4 is 15.5 Å². The van der Waals surface area contributed by atoms with Gasteiger partial charge in [0.1, 0.15) is 0 Å². The van der Waals surface area contributed by atoms with Crippen molar-refractivity contribution in [1.29, 1.82) is 0 Å². The van der Waals surface area contributed by atoms with E-state index in [1.807, 2.05) is 32.2 Å². The summed E-state index contributed by atoms with van der Waals surface area (Å²) in [6, 6.07) is 8.08. The summed E-state index contributed by atoms with van der Waals surface area (Å²) in [4.78, 5) is 14.3. The Kier molecular flexibility index (Phi) is 9.85. The molecule has 0 radical (unpaired) electrons. The summed E-state index contributed by atoms with van der Waals surface area (Å²) in [6.45, 7) is 4.44. The highest BCUT2D eigenvalue weighted by molar-refractivity contribution is 6.30. The summed E-state index contributed by atoms with van der Waals surface area (Å²) in [5.74, 6) is 0.123. The predicted molar refractivity (Wildman–Crippen MR) is 97.8 cm³/mol. The summed E-state index contributed by atoms with van der Waals surface area (Å²) in [6.07, 6.45) is 0.977. The molecule has 22 heavy (non-hydrogen) atoms. The second kappa shape index (κ2) is 10.2. The van der Waals surface area contributed by atoms with Crippen LogP contribution in [0.4, 0.5) is 5.69 Å². The molecule has 4 nitrogen and oxygen atoms in total. The lowest BCUT2D eigenvalue weighted by Gasteiger charge is -2.20. The van der Waals surface area contributed by atoms with Crippen molar-refractivity contribution in [3.63, 3.8) is 0 Å². The van der Waals surface area contributed by atoms with Crippen LogP contribution in [-0.4, -0.2) is 38.6 Å². The molecule has 2 rings (SSSR count). The van der Waals surface area contributed by atoms with Crippen molar-refractivity contribution < 1.29 is 4.79 Å². The summed E-state index contributed by atoms with van der Waals surface area (Å²) in [5, 5.41) is 6.90. The van der Waals surface area contributed by atoms with E-state index in [0.29, 0.717) is 6.54 Å². The standard InChI is InChI=1S/C15H22ClN3O.2ClH/c1-11(9-17-2)15(20)18-13-6-7-19(10-13)14-5-3-4-12(16)8-14;;/h3-5,8,11,13,17H,6-7,9-10H2,1-2H3,(H,18,20);2*1H. The molecule has 2 N–H and O–H groups in total. The number of benzene rings is 1. The maximum atomic E-state index is 12.0. The Morgan fingerprint density at radius 2 is 2.18 bits per heavy atom. The lowest BCUT2D eigenvalue weighted by Crippen LogP contribution is -2.42. The predicted octanol–water partition coefficient (Wildman–Crippen LogP) is 2.73. The molecule has 2 atom stereocenters. The van der Waals surface area contributed by atoms with E-state index in [9.17, 15) is 4.79 Å². The van der Waals surface area contributed by atoms with Gasteiger partial charge in [0.25, 0.3) is 0 Å². The van der Waals surface area contributed by atoms with Gasteiger partial charge in [-0.05, 0) is 31.7 Å². The average molecular weight is 369 g/mol. The van der Waals surface area contributed by atoms with E-state index in [0.717, 1.165) is 30.2 Å². The van der Waals surface area contributed by atoms with Crippen LogP contribution in [0.1, 0.15) is 13.3 Å². The van der Waals surface area contributed by atoms with E-state index in [4.69, 9.17) is 11.6 Å². The fourth-order valence-corrected chi connectivity index (χ4v) is 2.71. The third-order valence-electron chi connectivity index (χ3n) is 3.67. The summed E-state index contributed by atoms with van der Waals surface area (Å²) >= 11 is 6.02. The molecule has 1 heterocycles. The van der Waals surface area contributed by atoms with Gasteiger partial charge in [-0.3, -0.25) is 4.79 Å². The Bertz CT molecular complexity index is 473. The van der Waals surface area contributed by atoms with Gasteiger partial charge in [-0.25, -0.2) is 0 Å². The van der Waals surface area contributed by atoms with Gasteiger partial charge < -0.3 is 15.5 Å². The minimum absolute atomic E-state index is 0. The average Bonchev–Trinajstić information content (AvgIpc) is 2.87. The van der Waals surface area contributed by atoms with E-state index in [1.165, 1.54) is 0 Å². The zero-order valence-corrected chi connectivity index (χ0v) is 15.2. The highest BCUT2D eigenvalue weighted by Crippen LogP contribution is 2.23. The lowest BCUT2D eigenvalue weighted by molar-refractivity contribution is -0.124. The van der Waals surface area contributed by atoms with Crippen LogP contribution in [0, 0.1) is 5.92 Å². The van der Waals surface area contributed by atoms with Gasteiger partial charge in [0.2, 0.25) is 5.91 Å². The Hall–Kier alpha value is -0.680. The fraction of sp³-hybridized carbons (Fsp3) is 0.533. The quantitative estimate of drug-likeness (QED) is 0.840. The van der Waals surface area contributed by atoms with Gasteiger partial charge in [-0.1, -0.05) is 24.6 Å². The molecule has 126 valence electrons. The molecule has 0 saturated carbocycles. The number of hydrogen-bond acceptors (Lipinski definition) is 3. The van der Waals surface area contributed by atoms with Crippen LogP contribution in [0.3, 0.4) is 0 Å². The SMILES string of the molecule is CNCC(C)C(=O)NC1CCN(c2cccc(Cl)c2)C1.Cl.Cl. The number of amides is 1. The van der Waals surface area contributed by atoms with Crippen molar-refractivity contribution >= 4 is 48.0 Å². The number of rotatable bonds is 5. The highest BCUT2D eigenvalue weighted by Gasteiger charge is 2.25. The normalized spacial score (nSPS) is 18.1. The molecule has 2 unspecified atom stereocenters. The number of carbonyl (C=O) groups is 1. The molecule has 0 spiro atoms. The van der Waals surface area contributed by atoms with Crippen molar-refractivity contribution in [2.75, 3.05) is 31.6 Å². The zero-order chi connectivity index (χ0) is 14.5. The minimum Gasteiger partial charge on any atom is -0.369 e. The van der Waals surface area contributed by atoms with E-state index in [-0.39, 0.29) is 42.7 Å². The van der Waals surface area contributed by atoms with Gasteiger partial charge >= 0.3 is 0 Å². The molecule has 7 heteroatoms. The molecule has 0 aromatic heterocycles. The Morgan fingerprint density at radius 1 is 1.45 bits per heavy atom. The lowest BCUT2D eigenvalue weighted by atomic mass is 10.1. The third-order valence-corrected chi connectivity index (χ3v) is 3.90. The molecule has 1 saturated heterocycles. The monoisotopic (exact) mass is 367 g/mol. The summed E-state index contributed by atoms with van der Waals surface area (Å²) < 4.78 is 0. The summed E-state index contributed by atoms with van der Waals surface area (Å²) in [5.41, 5.74) is 1.12. The van der Waals surface area contributed by atoms with E-state index in [1.54, 1.807) is 0 Å². The first-order chi connectivity index (χ1) is 9.60. The summed E-state index contributed by atoms with van der Waals surface area (Å²) in [7, 11) is 1.86. The van der Waals surface area contributed by atoms with Crippen molar-refractivity contribution in [3.05, 3.63) is 29.3 Å². The first kappa shape index (κ1) is 21.3. The first-order valence-electron chi connectivity index (χ1n) is 7.05. The van der Waals surface area contributed by atoms with E-state index in [2.05, 4.69) is 21.6 Å². The van der Waals surface area contributed by atoms with Crippen LogP contribution in [-0.2, 0) is 4.79 Å². The van der Waals surface area contributed by atoms with Crippen LogP contribution in [0.15, 0.2) is 24.3 Å². The molecule has 1 fully saturated rings. The van der Waals surface area contributed by atoms with E-state index >= 15 is 0 Å². The van der Waals surface area contributed by atoms with Gasteiger partial charge in [-0.15, -0.1) is 24.8 Å². The molecule has 0 bridgehead atoms. The zero-order valence-electron chi connectivity index (χ0n) is 12.8. The van der Waals surface area contributed by atoms with Crippen molar-refractivity contribution in [2.24, 2.45) is 5.92 Å². The number of nitrogens with zero attached hydrogens (tertiary/aromatic N) is 1. The highest BCUT2D eigenvalue weighted by atomic mass is 35.5. The van der Waals surface area contributed by atoms with Crippen LogP contribution in [0.5, 0.6) is 0 Å². The van der Waals surface area contributed by atoms with Crippen molar-refractivity contribution in [1.82, 2.24) is 10.6 Å². The maximum absolute atomic E-state index is 12.0. The number of nitrogens with one attached hydrogen (secondary N) is 2. The van der Waals surface area contributed by atoms with Gasteiger partial charge in [-0.2, -0.15) is 0 Å². The van der Waals surface area contributed by atoms with Crippen LogP contribution >= 0.6 is 36.4 Å². The molecule has 1 aromatic rings. The molecule has 1 aromatic carbocycles. The smallest absolute Gasteiger partial charge is 0.224 e. The number of carbonyl (C=O) groups excluding carboxylic acids is 1. The molecule has 1 aliphatic heterocycles. The molecular weight excluding hydrogens is 345 g/mol. The number of anilines is 1. The topological polar surface area (TPSA) is 44.4 Å². The third kappa shape index (κ3) is 5.84. The largest absolute Gasteiger partial charge is 0.369 e. The second-order valence-electron chi connectivity index (χ2n) is 5.38. The number of hydrogen-bond donors (Lipinski definition) is 2. The van der Waals surface area contributed by atoms with E-state index < -0.39 is 0 Å². The van der Waals surface area contributed by atoms with Crippen LogP contribution in [0.25, 0.3) is 0 Å². The number of halogens is 3. The van der Waals surface area contributed by atoms with Crippen molar-refractivity contribution in [2.45, 2.75) is 19.4 Å². The maximum Gasteiger partial charge on any atom is 0.224 e. The van der Waals surface area contributed by atoms with Gasteiger partial charge in [0.15, 0.2) is 0 Å². The molecule has 1 aliphatic rings. The molecule has 1 amide bonds. The molecular formula is C15H24Cl3N3O. The van der Waals surface area contributed by atoms with Gasteiger partial charge in [0.05, 0.1) is 0 Å². The Balaban J connectivity index is 0.00000220. The minimum atomic E-state index is 0. The Labute approximate surface area is 149 Å². The molecule has 0 aliphatic carbocycles. The fourth-order valence-electron chi connectivity index (χ4n) is 2.53. The van der Waals surface area contributed by atoms with Crippen molar-refractivity contribution in [3.8, 4) is 0 Å². The Morgan fingerprint density at radius 3 is 2.82 bits per heavy atom. The van der Waals surface area contributed by atoms with Crippen LogP contribution in [0.2, 0.25) is 5.02 Å². The second-order valence-corrected chi connectivity index (χ2v) is 5.82. The van der Waals surface area contributed by atoms with Gasteiger partial charge in [0, 0.05) is 42.3 Å².